The Kier molecular flexibility index (Phi) is 9.23. The molecule has 4 N–H and O–H groups in total. The van der Waals surface area contributed by atoms with Crippen molar-refractivity contribution in [1.82, 2.24) is 9.80 Å². The highest BCUT2D eigenvalue weighted by atomic mass is 79.9. The fourth-order valence-electron chi connectivity index (χ4n) is 4.17. The van der Waals surface area contributed by atoms with E-state index in [-0.39, 0.29) is 18.5 Å². The molecule has 3 amide bonds. The molecule has 0 unspecified atom stereocenters. The average Bonchev–Trinajstić information content (AvgIpc) is 2.96. The third-order valence-corrected chi connectivity index (χ3v) is 8.22. The lowest BCUT2D eigenvalue weighted by molar-refractivity contribution is -0.133. The molecule has 0 bridgehead atoms. The molecule has 1 aliphatic heterocycles. The first-order valence-corrected chi connectivity index (χ1v) is 13.0. The number of hydrogen-bond acceptors (Lipinski definition) is 4. The van der Waals surface area contributed by atoms with Crippen LogP contribution in [0.3, 0.4) is 0 Å². The minimum absolute atomic E-state index is 0.240. The Morgan fingerprint density at radius 2 is 1.30 bits per heavy atom. The lowest BCUT2D eigenvalue weighted by Crippen LogP contribution is -2.54. The second kappa shape index (κ2) is 11.5. The molecule has 0 radical (unpaired) electrons. The molecular weight excluding hydrogens is 595 g/mol. The molecule has 2 aromatic rings. The minimum atomic E-state index is -1.13. The lowest BCUT2D eigenvalue weighted by atomic mass is 9.83. The molecule has 6 nitrogen and oxygen atoms in total. The third-order valence-electron chi connectivity index (χ3n) is 5.75. The van der Waals surface area contributed by atoms with Crippen LogP contribution in [0.15, 0.2) is 45.3 Å². The summed E-state index contributed by atoms with van der Waals surface area (Å²) in [6, 6.07) is 10.8. The smallest absolute Gasteiger partial charge is 0.327 e. The van der Waals surface area contributed by atoms with Gasteiger partial charge in [-0.2, -0.15) is 0 Å². The molecule has 0 saturated carbocycles. The second-order valence-electron chi connectivity index (χ2n) is 8.06. The average molecular weight is 621 g/mol. The standard InChI is InChI=1S/C23H26Br2Cl2N4O2/c24-17-5-3-15(11-19(17)26)13-23(14-16-4-6-18(25)20(27)12-16)21(32)30(9-1-7-28)22(33)31(23)10-2-8-29/h3-6,11-12H,1-2,7-10,13-14,28-29H2. The van der Waals surface area contributed by atoms with Crippen molar-refractivity contribution in [2.45, 2.75) is 31.2 Å². The highest BCUT2D eigenvalue weighted by Gasteiger charge is 2.56. The number of nitrogens with two attached hydrogens (primary N) is 2. The maximum Gasteiger partial charge on any atom is 0.327 e. The Bertz CT molecular complexity index is 984. The molecule has 1 heterocycles. The number of amides is 3. The van der Waals surface area contributed by atoms with Gasteiger partial charge in [-0.3, -0.25) is 9.69 Å². The van der Waals surface area contributed by atoms with Gasteiger partial charge in [-0.25, -0.2) is 4.79 Å². The van der Waals surface area contributed by atoms with E-state index in [0.717, 1.165) is 20.1 Å². The highest BCUT2D eigenvalue weighted by molar-refractivity contribution is 9.10. The zero-order valence-corrected chi connectivity index (χ0v) is 22.7. The van der Waals surface area contributed by atoms with Crippen LogP contribution in [0.1, 0.15) is 24.0 Å². The third kappa shape index (κ3) is 5.74. The largest absolute Gasteiger partial charge is 0.330 e. The summed E-state index contributed by atoms with van der Waals surface area (Å²) in [6.45, 7) is 1.44. The van der Waals surface area contributed by atoms with Crippen molar-refractivity contribution in [1.29, 1.82) is 0 Å². The quantitative estimate of drug-likeness (QED) is 0.366. The first-order valence-electron chi connectivity index (χ1n) is 10.6. The van der Waals surface area contributed by atoms with Crippen LogP contribution in [0.2, 0.25) is 10.0 Å². The van der Waals surface area contributed by atoms with Gasteiger partial charge in [0.15, 0.2) is 0 Å². The second-order valence-corrected chi connectivity index (χ2v) is 10.6. The van der Waals surface area contributed by atoms with Gasteiger partial charge >= 0.3 is 6.03 Å². The van der Waals surface area contributed by atoms with Crippen molar-refractivity contribution < 1.29 is 9.59 Å². The summed E-state index contributed by atoms with van der Waals surface area (Å²) < 4.78 is 1.53. The first-order chi connectivity index (χ1) is 15.7. The van der Waals surface area contributed by atoms with Gasteiger partial charge in [-0.05, 0) is 93.2 Å². The normalized spacial score (nSPS) is 15.6. The molecule has 1 fully saturated rings. The van der Waals surface area contributed by atoms with Crippen LogP contribution in [0.25, 0.3) is 0 Å². The van der Waals surface area contributed by atoms with Gasteiger partial charge in [0.2, 0.25) is 0 Å². The molecular formula is C23H26Br2Cl2N4O2. The number of carbonyl (C=O) groups excluding carboxylic acids is 2. The van der Waals surface area contributed by atoms with E-state index < -0.39 is 5.54 Å². The molecule has 1 saturated heterocycles. The van der Waals surface area contributed by atoms with Crippen molar-refractivity contribution in [2.24, 2.45) is 11.5 Å². The number of carbonyl (C=O) groups is 2. The molecule has 0 aliphatic carbocycles. The number of urea groups is 1. The summed E-state index contributed by atoms with van der Waals surface area (Å²) in [7, 11) is 0. The minimum Gasteiger partial charge on any atom is -0.330 e. The van der Waals surface area contributed by atoms with Gasteiger partial charge in [0, 0.05) is 34.9 Å². The maximum absolute atomic E-state index is 13.9. The number of hydrogen-bond donors (Lipinski definition) is 2. The lowest BCUT2D eigenvalue weighted by Gasteiger charge is -2.36. The Morgan fingerprint density at radius 3 is 1.76 bits per heavy atom. The van der Waals surface area contributed by atoms with Crippen molar-refractivity contribution >= 4 is 67.0 Å². The van der Waals surface area contributed by atoms with Crippen LogP contribution in [0.5, 0.6) is 0 Å². The van der Waals surface area contributed by atoms with Crippen LogP contribution in [-0.2, 0) is 17.6 Å². The van der Waals surface area contributed by atoms with Gasteiger partial charge in [0.1, 0.15) is 5.54 Å². The molecule has 10 heteroatoms. The summed E-state index contributed by atoms with van der Waals surface area (Å²) in [6.07, 6.45) is 1.73. The van der Waals surface area contributed by atoms with Crippen molar-refractivity contribution in [3.63, 3.8) is 0 Å². The molecule has 0 aromatic heterocycles. The van der Waals surface area contributed by atoms with Crippen molar-refractivity contribution in [3.05, 3.63) is 66.5 Å². The highest BCUT2D eigenvalue weighted by Crippen LogP contribution is 2.37. The Morgan fingerprint density at radius 1 is 0.818 bits per heavy atom. The molecule has 2 aromatic carbocycles. The van der Waals surface area contributed by atoms with Gasteiger partial charge in [-0.15, -0.1) is 0 Å². The van der Waals surface area contributed by atoms with Crippen LogP contribution < -0.4 is 11.5 Å². The zero-order chi connectivity index (χ0) is 24.2. The molecule has 1 aliphatic rings. The van der Waals surface area contributed by atoms with Crippen LogP contribution in [0, 0.1) is 0 Å². The van der Waals surface area contributed by atoms with E-state index >= 15 is 0 Å². The van der Waals surface area contributed by atoms with Gasteiger partial charge < -0.3 is 16.4 Å². The predicted octanol–water partition coefficient (Wildman–Crippen LogP) is 5.00. The van der Waals surface area contributed by atoms with E-state index in [2.05, 4.69) is 31.9 Å². The summed E-state index contributed by atoms with van der Waals surface area (Å²) in [5, 5.41) is 1.08. The van der Waals surface area contributed by atoms with Gasteiger partial charge in [-0.1, -0.05) is 35.3 Å². The van der Waals surface area contributed by atoms with E-state index in [1.54, 1.807) is 4.90 Å². The number of nitrogens with zero attached hydrogens (tertiary/aromatic N) is 2. The van der Waals surface area contributed by atoms with Crippen LogP contribution in [0.4, 0.5) is 4.79 Å². The maximum atomic E-state index is 13.9. The molecule has 3 rings (SSSR count). The number of imide groups is 1. The van der Waals surface area contributed by atoms with Crippen LogP contribution in [-0.4, -0.2) is 53.5 Å². The topological polar surface area (TPSA) is 92.7 Å². The monoisotopic (exact) mass is 618 g/mol. The number of rotatable bonds is 10. The van der Waals surface area contributed by atoms with E-state index in [1.807, 2.05) is 36.4 Å². The summed E-state index contributed by atoms with van der Waals surface area (Å²) in [5.74, 6) is -0.240. The van der Waals surface area contributed by atoms with Crippen molar-refractivity contribution in [2.75, 3.05) is 26.2 Å². The molecule has 0 spiro atoms. The van der Waals surface area contributed by atoms with Gasteiger partial charge in [0.25, 0.3) is 5.91 Å². The molecule has 178 valence electrons. The van der Waals surface area contributed by atoms with Gasteiger partial charge in [0.05, 0.1) is 10.0 Å². The molecule has 0 atom stereocenters. The van der Waals surface area contributed by atoms with E-state index in [4.69, 9.17) is 34.7 Å². The SMILES string of the molecule is NCCCN1C(=O)N(CCCN)C(Cc2ccc(Br)c(Cl)c2)(Cc2ccc(Br)c(Cl)c2)C1=O. The Balaban J connectivity index is 2.11. The fraction of sp³-hybridized carbons (Fsp3) is 0.391. The van der Waals surface area contributed by atoms with E-state index in [1.165, 1.54) is 4.90 Å². The number of halogens is 4. The Hall–Kier alpha value is -1.16. The zero-order valence-electron chi connectivity index (χ0n) is 18.0. The van der Waals surface area contributed by atoms with E-state index in [0.29, 0.717) is 55.4 Å². The Labute approximate surface area is 220 Å². The number of benzene rings is 2. The predicted molar refractivity (Wildman–Crippen MR) is 140 cm³/mol. The molecule has 33 heavy (non-hydrogen) atoms. The van der Waals surface area contributed by atoms with Crippen LogP contribution >= 0.6 is 55.1 Å². The summed E-state index contributed by atoms with van der Waals surface area (Å²) in [5.41, 5.74) is 12.0. The summed E-state index contributed by atoms with van der Waals surface area (Å²) >= 11 is 19.5. The summed E-state index contributed by atoms with van der Waals surface area (Å²) in [4.78, 5) is 30.4. The first kappa shape index (κ1) is 26.4. The fourth-order valence-corrected chi connectivity index (χ4v) is 5.07. The van der Waals surface area contributed by atoms with E-state index in [9.17, 15) is 9.59 Å². The van der Waals surface area contributed by atoms with Crippen molar-refractivity contribution in [3.8, 4) is 0 Å².